The van der Waals surface area contributed by atoms with E-state index in [9.17, 15) is 9.59 Å². The fourth-order valence-electron chi connectivity index (χ4n) is 7.29. The summed E-state index contributed by atoms with van der Waals surface area (Å²) in [4.78, 5) is 36.9. The Morgan fingerprint density at radius 1 is 1.19 bits per heavy atom. The number of nitrogen functional groups attached to an aromatic ring is 1. The van der Waals surface area contributed by atoms with Crippen LogP contribution in [0.4, 0.5) is 11.5 Å². The molecule has 3 fully saturated rings. The molecule has 228 valence electrons. The van der Waals surface area contributed by atoms with Crippen LogP contribution < -0.4 is 20.7 Å². The maximum Gasteiger partial charge on any atom is 0.265 e. The lowest BCUT2D eigenvalue weighted by Gasteiger charge is -2.36. The molecule has 3 aromatic rings. The van der Waals surface area contributed by atoms with Crippen LogP contribution in [0.25, 0.3) is 11.1 Å². The van der Waals surface area contributed by atoms with Gasteiger partial charge in [0.25, 0.3) is 5.91 Å². The Morgan fingerprint density at radius 2 is 1.98 bits per heavy atom. The van der Waals surface area contributed by atoms with E-state index in [0.29, 0.717) is 52.5 Å². The number of aromatic nitrogens is 3. The molecule has 7 rings (SSSR count). The normalized spacial score (nSPS) is 25.8. The second-order valence-corrected chi connectivity index (χ2v) is 13.9. The van der Waals surface area contributed by atoms with E-state index in [2.05, 4.69) is 44.4 Å². The fraction of sp³-hybridized carbons (Fsp3) is 0.533. The van der Waals surface area contributed by atoms with E-state index in [0.717, 1.165) is 54.7 Å². The van der Waals surface area contributed by atoms with Crippen LogP contribution in [0, 0.1) is 0 Å². The van der Waals surface area contributed by atoms with E-state index in [1.54, 1.807) is 17.9 Å². The fourth-order valence-corrected chi connectivity index (χ4v) is 8.34. The smallest absolute Gasteiger partial charge is 0.265 e. The molecule has 2 unspecified atom stereocenters. The van der Waals surface area contributed by atoms with Gasteiger partial charge in [-0.25, -0.2) is 9.50 Å². The second kappa shape index (κ2) is 11.3. The van der Waals surface area contributed by atoms with Gasteiger partial charge in [-0.2, -0.15) is 5.10 Å². The van der Waals surface area contributed by atoms with Crippen molar-refractivity contribution >= 4 is 57.3 Å². The molecule has 0 saturated carbocycles. The first-order valence-electron chi connectivity index (χ1n) is 15.1. The number of nitrogens with two attached hydrogens (primary N) is 1. The molecule has 0 spiro atoms. The van der Waals surface area contributed by atoms with E-state index in [1.165, 1.54) is 30.5 Å². The minimum Gasteiger partial charge on any atom is -0.489 e. The average molecular weight is 625 g/mol. The van der Waals surface area contributed by atoms with Crippen LogP contribution in [0.5, 0.6) is 5.75 Å². The Balaban J connectivity index is 1.08. The Bertz CT molecular complexity index is 1590. The molecule has 3 saturated heterocycles. The molecule has 7 heterocycles. The summed E-state index contributed by atoms with van der Waals surface area (Å²) in [6, 6.07) is 4.90. The van der Waals surface area contributed by atoms with Crippen LogP contribution >= 0.6 is 22.9 Å². The number of amides is 2. The summed E-state index contributed by atoms with van der Waals surface area (Å²) in [6.45, 7) is 4.11. The van der Waals surface area contributed by atoms with Crippen molar-refractivity contribution in [2.45, 2.75) is 69.7 Å². The highest BCUT2D eigenvalue weighted by Crippen LogP contribution is 2.40. The molecule has 4 aliphatic heterocycles. The molecule has 0 aromatic carbocycles. The number of ether oxygens (including phenoxy) is 1. The number of hydrogen-bond acceptors (Lipinski definition) is 9. The van der Waals surface area contributed by atoms with E-state index in [-0.39, 0.29) is 24.0 Å². The van der Waals surface area contributed by atoms with Gasteiger partial charge in [-0.1, -0.05) is 17.7 Å². The zero-order valence-electron chi connectivity index (χ0n) is 24.5. The van der Waals surface area contributed by atoms with Gasteiger partial charge in [-0.3, -0.25) is 9.59 Å². The predicted molar refractivity (Wildman–Crippen MR) is 168 cm³/mol. The number of piperidine rings is 2. The molecule has 13 heteroatoms. The molecule has 4 aliphatic rings. The number of rotatable bonds is 6. The first-order valence-corrected chi connectivity index (χ1v) is 16.3. The maximum atomic E-state index is 13.6. The van der Waals surface area contributed by atoms with E-state index in [1.807, 2.05) is 4.52 Å². The van der Waals surface area contributed by atoms with Crippen molar-refractivity contribution in [3.8, 4) is 5.75 Å². The summed E-state index contributed by atoms with van der Waals surface area (Å²) in [5.74, 6) is 0.865. The van der Waals surface area contributed by atoms with Crippen LogP contribution in [-0.2, 0) is 4.79 Å². The number of carbonyl (C=O) groups excluding carboxylic acids is 2. The van der Waals surface area contributed by atoms with Crippen molar-refractivity contribution in [2.24, 2.45) is 0 Å². The van der Waals surface area contributed by atoms with Gasteiger partial charge in [0.15, 0.2) is 5.82 Å². The molecule has 3 atom stereocenters. The number of nitrogens with one attached hydrogen (secondary N) is 1. The molecule has 3 N–H and O–H groups in total. The first kappa shape index (κ1) is 28.4. The largest absolute Gasteiger partial charge is 0.489 e. The monoisotopic (exact) mass is 624 g/mol. The van der Waals surface area contributed by atoms with Gasteiger partial charge in [-0.05, 0) is 57.2 Å². The molecule has 0 radical (unpaired) electrons. The molecular weight excluding hydrogens is 588 g/mol. The van der Waals surface area contributed by atoms with Crippen LogP contribution in [0.2, 0.25) is 4.34 Å². The Morgan fingerprint density at radius 3 is 2.72 bits per heavy atom. The van der Waals surface area contributed by atoms with Crippen LogP contribution in [-0.4, -0.2) is 93.7 Å². The van der Waals surface area contributed by atoms with Crippen LogP contribution in [0.15, 0.2) is 24.5 Å². The molecule has 2 bridgehead atoms. The SMILES string of the molecule is CC(=O)N1CC=C(c2cc(N3CCC[C@@H](NC(=O)c4sc(Cl)cc4OC4CC5CCC(C4)N5C)C3)c3c(N)ncnn23)C1. The number of carbonyl (C=O) groups is 2. The summed E-state index contributed by atoms with van der Waals surface area (Å²) in [5, 5.41) is 7.78. The molecule has 11 nitrogen and oxygen atoms in total. The Labute approximate surface area is 259 Å². The van der Waals surface area contributed by atoms with Gasteiger partial charge in [0.2, 0.25) is 5.91 Å². The lowest BCUT2D eigenvalue weighted by atomic mass is 10.0. The van der Waals surface area contributed by atoms with E-state index >= 15 is 0 Å². The summed E-state index contributed by atoms with van der Waals surface area (Å²) in [5.41, 5.74) is 9.97. The topological polar surface area (TPSA) is 121 Å². The number of nitrogens with zero attached hydrogens (tertiary/aromatic N) is 6. The molecule has 0 aliphatic carbocycles. The standard InChI is InChI=1S/C30H37ClN8O3S/c1-17(40)37-9-7-18(14-37)23-12-24(27-29(32)33-16-34-39(23)27)38-8-3-4-19(15-38)35-30(41)28-25(13-26(31)43-28)42-22-10-20-5-6-21(11-22)36(20)2/h7,12-13,16,19-22H,3-6,8-11,14-15H2,1-2H3,(H,35,41)(H2,32,33,34)/t19-,20?,21?,22?/m1/s1. The molecule has 2 amide bonds. The minimum atomic E-state index is -0.152. The van der Waals surface area contributed by atoms with Crippen molar-refractivity contribution in [2.75, 3.05) is 43.9 Å². The quantitative estimate of drug-likeness (QED) is 0.426. The van der Waals surface area contributed by atoms with Crippen molar-refractivity contribution < 1.29 is 14.3 Å². The van der Waals surface area contributed by atoms with Crippen LogP contribution in [0.1, 0.15) is 60.8 Å². The van der Waals surface area contributed by atoms with Crippen molar-refractivity contribution in [1.29, 1.82) is 0 Å². The zero-order valence-corrected chi connectivity index (χ0v) is 26.0. The summed E-state index contributed by atoms with van der Waals surface area (Å²) in [7, 11) is 2.21. The second-order valence-electron chi connectivity index (χ2n) is 12.2. The third-order valence-electron chi connectivity index (χ3n) is 9.58. The highest BCUT2D eigenvalue weighted by Gasteiger charge is 2.40. The van der Waals surface area contributed by atoms with Gasteiger partial charge in [0.1, 0.15) is 28.6 Å². The molecule has 3 aromatic heterocycles. The Kier molecular flexibility index (Phi) is 7.46. The summed E-state index contributed by atoms with van der Waals surface area (Å²) >= 11 is 7.68. The van der Waals surface area contributed by atoms with Crippen molar-refractivity contribution in [3.05, 3.63) is 39.4 Å². The third-order valence-corrected chi connectivity index (χ3v) is 10.8. The highest BCUT2D eigenvalue weighted by molar-refractivity contribution is 7.18. The number of thiophene rings is 1. The third kappa shape index (κ3) is 5.33. The summed E-state index contributed by atoms with van der Waals surface area (Å²) < 4.78 is 8.81. The number of hydrogen-bond donors (Lipinski definition) is 2. The van der Waals surface area contributed by atoms with Gasteiger partial charge in [0, 0.05) is 57.3 Å². The Hall–Kier alpha value is -3.35. The van der Waals surface area contributed by atoms with E-state index < -0.39 is 0 Å². The number of fused-ring (bicyclic) bond motifs is 3. The average Bonchev–Trinajstić information content (AvgIpc) is 3.74. The maximum absolute atomic E-state index is 13.6. The van der Waals surface area contributed by atoms with Crippen molar-refractivity contribution in [1.82, 2.24) is 29.7 Å². The molecule has 43 heavy (non-hydrogen) atoms. The lowest BCUT2D eigenvalue weighted by Crippen LogP contribution is -2.48. The first-order chi connectivity index (χ1) is 20.7. The molecular formula is C30H37ClN8O3S. The van der Waals surface area contributed by atoms with Gasteiger partial charge < -0.3 is 30.5 Å². The zero-order chi connectivity index (χ0) is 29.8. The minimum absolute atomic E-state index is 0.0372. The van der Waals surface area contributed by atoms with Gasteiger partial charge in [0.05, 0.1) is 15.7 Å². The van der Waals surface area contributed by atoms with Gasteiger partial charge >= 0.3 is 0 Å². The number of halogens is 1. The number of anilines is 2. The van der Waals surface area contributed by atoms with Crippen LogP contribution in [0.3, 0.4) is 0 Å². The lowest BCUT2D eigenvalue weighted by molar-refractivity contribution is -0.127. The van der Waals surface area contributed by atoms with Gasteiger partial charge in [-0.15, -0.1) is 11.3 Å². The van der Waals surface area contributed by atoms with E-state index in [4.69, 9.17) is 22.1 Å². The predicted octanol–water partition coefficient (Wildman–Crippen LogP) is 3.67. The van der Waals surface area contributed by atoms with Crippen molar-refractivity contribution in [3.63, 3.8) is 0 Å². The summed E-state index contributed by atoms with van der Waals surface area (Å²) in [6.07, 6.45) is 9.75. The highest BCUT2D eigenvalue weighted by atomic mass is 35.5.